The topological polar surface area (TPSA) is 62.8 Å². The van der Waals surface area contributed by atoms with E-state index in [0.717, 1.165) is 31.3 Å². The van der Waals surface area contributed by atoms with Crippen LogP contribution in [-0.4, -0.2) is 46.4 Å². The first-order valence-electron chi connectivity index (χ1n) is 11.5. The molecule has 0 amide bonds. The third-order valence-electron chi connectivity index (χ3n) is 7.42. The summed E-state index contributed by atoms with van der Waals surface area (Å²) in [6, 6.07) is 12.0. The minimum Gasteiger partial charge on any atom is -0.459 e. The Hall–Kier alpha value is -2.18. The van der Waals surface area contributed by atoms with Crippen LogP contribution in [-0.2, 0) is 6.54 Å². The molecule has 3 fully saturated rings. The Labute approximate surface area is 178 Å². The van der Waals surface area contributed by atoms with E-state index in [4.69, 9.17) is 4.42 Å². The molecule has 1 aromatic carbocycles. The standard InChI is InChI=1S/C24H31N3O3/c28-27(29)21-10-5-4-9-20(21)23-13-12-19(30-23)17-26-16-15-25-14-6-11-22(25)24(26)18-7-2-1-3-8-18/h4-5,9-10,12-13,18,22,24H,1-3,6-8,11,14-17H2/t22-,24+/m1/s1. The molecule has 0 N–H and O–H groups in total. The van der Waals surface area contributed by atoms with Crippen molar-refractivity contribution in [1.29, 1.82) is 0 Å². The van der Waals surface area contributed by atoms with Gasteiger partial charge in [-0.15, -0.1) is 0 Å². The molecule has 30 heavy (non-hydrogen) atoms. The van der Waals surface area contributed by atoms with Gasteiger partial charge >= 0.3 is 0 Å². The number of rotatable bonds is 5. The van der Waals surface area contributed by atoms with Crippen molar-refractivity contribution in [3.8, 4) is 11.3 Å². The Morgan fingerprint density at radius 3 is 2.63 bits per heavy atom. The lowest BCUT2D eigenvalue weighted by molar-refractivity contribution is -0.384. The van der Waals surface area contributed by atoms with Gasteiger partial charge in [0.15, 0.2) is 0 Å². The summed E-state index contributed by atoms with van der Waals surface area (Å²) in [5.41, 5.74) is 0.649. The molecule has 0 bridgehead atoms. The van der Waals surface area contributed by atoms with Crippen LogP contribution in [0.5, 0.6) is 0 Å². The van der Waals surface area contributed by atoms with Crippen LogP contribution in [0.2, 0.25) is 0 Å². The summed E-state index contributed by atoms with van der Waals surface area (Å²) in [6.45, 7) is 4.28. The molecular formula is C24H31N3O3. The highest BCUT2D eigenvalue weighted by Crippen LogP contribution is 2.38. The lowest BCUT2D eigenvalue weighted by atomic mass is 9.78. The third-order valence-corrected chi connectivity index (χ3v) is 7.42. The van der Waals surface area contributed by atoms with Crippen LogP contribution in [0.15, 0.2) is 40.8 Å². The number of piperazine rings is 1. The number of nitro groups is 1. The van der Waals surface area contributed by atoms with Crippen molar-refractivity contribution in [3.05, 3.63) is 52.3 Å². The van der Waals surface area contributed by atoms with Crippen molar-refractivity contribution in [2.24, 2.45) is 5.92 Å². The van der Waals surface area contributed by atoms with Crippen LogP contribution in [0.1, 0.15) is 50.7 Å². The number of nitrogens with zero attached hydrogens (tertiary/aromatic N) is 3. The molecule has 3 aliphatic rings. The summed E-state index contributed by atoms with van der Waals surface area (Å²) >= 11 is 0. The first-order chi connectivity index (χ1) is 14.7. The highest BCUT2D eigenvalue weighted by Gasteiger charge is 2.43. The SMILES string of the molecule is O=[N+]([O-])c1ccccc1-c1ccc(CN2CCN3CCC[C@@H]3[C@@H]2C2CCCCC2)o1. The minimum atomic E-state index is -0.337. The minimum absolute atomic E-state index is 0.0954. The van der Waals surface area contributed by atoms with E-state index >= 15 is 0 Å². The van der Waals surface area contributed by atoms with Gasteiger partial charge in [-0.05, 0) is 56.3 Å². The summed E-state index contributed by atoms with van der Waals surface area (Å²) in [5.74, 6) is 2.29. The molecule has 2 aromatic rings. The molecule has 1 saturated carbocycles. The van der Waals surface area contributed by atoms with Crippen molar-refractivity contribution >= 4 is 5.69 Å². The first kappa shape index (κ1) is 19.8. The number of para-hydroxylation sites is 1. The van der Waals surface area contributed by atoms with Gasteiger partial charge in [0.1, 0.15) is 11.5 Å². The highest BCUT2D eigenvalue weighted by atomic mass is 16.6. The van der Waals surface area contributed by atoms with Crippen LogP contribution >= 0.6 is 0 Å². The average molecular weight is 410 g/mol. The van der Waals surface area contributed by atoms with E-state index in [9.17, 15) is 10.1 Å². The van der Waals surface area contributed by atoms with E-state index in [1.165, 1.54) is 57.6 Å². The Kier molecular flexibility index (Phi) is 5.61. The fourth-order valence-corrected chi connectivity index (χ4v) is 6.09. The molecular weight excluding hydrogens is 378 g/mol. The Morgan fingerprint density at radius 1 is 0.967 bits per heavy atom. The average Bonchev–Trinajstić information content (AvgIpc) is 3.44. The number of hydrogen-bond donors (Lipinski definition) is 0. The largest absolute Gasteiger partial charge is 0.459 e. The summed E-state index contributed by atoms with van der Waals surface area (Å²) in [7, 11) is 0. The maximum atomic E-state index is 11.4. The summed E-state index contributed by atoms with van der Waals surface area (Å²) in [5, 5.41) is 11.4. The number of fused-ring (bicyclic) bond motifs is 1. The quantitative estimate of drug-likeness (QED) is 0.509. The van der Waals surface area contributed by atoms with Gasteiger partial charge in [0.25, 0.3) is 5.69 Å². The van der Waals surface area contributed by atoms with Gasteiger partial charge in [0.05, 0.1) is 17.0 Å². The Balaban J connectivity index is 1.37. The van der Waals surface area contributed by atoms with Crippen molar-refractivity contribution in [3.63, 3.8) is 0 Å². The van der Waals surface area contributed by atoms with E-state index < -0.39 is 0 Å². The molecule has 1 aliphatic carbocycles. The first-order valence-corrected chi connectivity index (χ1v) is 11.5. The number of benzene rings is 1. The Bertz CT molecular complexity index is 889. The molecule has 5 rings (SSSR count). The zero-order valence-corrected chi connectivity index (χ0v) is 17.5. The van der Waals surface area contributed by atoms with E-state index in [2.05, 4.69) is 9.80 Å². The molecule has 6 heteroatoms. The molecule has 2 aliphatic heterocycles. The molecule has 0 unspecified atom stereocenters. The molecule has 3 heterocycles. The second kappa shape index (κ2) is 8.52. The van der Waals surface area contributed by atoms with Crippen LogP contribution in [0.25, 0.3) is 11.3 Å². The molecule has 2 saturated heterocycles. The Morgan fingerprint density at radius 2 is 1.80 bits per heavy atom. The molecule has 1 aromatic heterocycles. The fraction of sp³-hybridized carbons (Fsp3) is 0.583. The predicted molar refractivity (Wildman–Crippen MR) is 116 cm³/mol. The molecule has 0 radical (unpaired) electrons. The second-order valence-electron chi connectivity index (χ2n) is 9.14. The lowest BCUT2D eigenvalue weighted by Gasteiger charge is -2.49. The maximum absolute atomic E-state index is 11.4. The summed E-state index contributed by atoms with van der Waals surface area (Å²) in [6.07, 6.45) is 9.46. The van der Waals surface area contributed by atoms with Crippen molar-refractivity contribution < 1.29 is 9.34 Å². The number of nitro benzene ring substituents is 1. The van der Waals surface area contributed by atoms with Crippen molar-refractivity contribution in [2.75, 3.05) is 19.6 Å². The van der Waals surface area contributed by atoms with Crippen LogP contribution < -0.4 is 0 Å². The van der Waals surface area contributed by atoms with Crippen LogP contribution in [0, 0.1) is 16.0 Å². The molecule has 2 atom stereocenters. The van der Waals surface area contributed by atoms with Gasteiger partial charge in [-0.25, -0.2) is 0 Å². The van der Waals surface area contributed by atoms with Crippen molar-refractivity contribution in [1.82, 2.24) is 9.80 Å². The zero-order valence-electron chi connectivity index (χ0n) is 17.5. The van der Waals surface area contributed by atoms with Gasteiger partial charge in [0, 0.05) is 31.2 Å². The normalized spacial score (nSPS) is 26.0. The number of furan rings is 1. The molecule has 0 spiro atoms. The molecule has 6 nitrogen and oxygen atoms in total. The van der Waals surface area contributed by atoms with Crippen LogP contribution in [0.3, 0.4) is 0 Å². The second-order valence-corrected chi connectivity index (χ2v) is 9.14. The maximum Gasteiger partial charge on any atom is 0.280 e. The van der Waals surface area contributed by atoms with Gasteiger partial charge in [-0.3, -0.25) is 19.9 Å². The highest BCUT2D eigenvalue weighted by molar-refractivity contribution is 5.69. The third kappa shape index (κ3) is 3.79. The van der Waals surface area contributed by atoms with Gasteiger partial charge in [0.2, 0.25) is 0 Å². The summed E-state index contributed by atoms with van der Waals surface area (Å²) in [4.78, 5) is 16.4. The van der Waals surface area contributed by atoms with E-state index in [1.807, 2.05) is 18.2 Å². The van der Waals surface area contributed by atoms with E-state index in [0.29, 0.717) is 23.4 Å². The van der Waals surface area contributed by atoms with Crippen LogP contribution in [0.4, 0.5) is 5.69 Å². The molecule has 160 valence electrons. The van der Waals surface area contributed by atoms with E-state index in [1.54, 1.807) is 12.1 Å². The monoisotopic (exact) mass is 409 g/mol. The summed E-state index contributed by atoms with van der Waals surface area (Å²) < 4.78 is 6.15. The van der Waals surface area contributed by atoms with E-state index in [-0.39, 0.29) is 10.6 Å². The zero-order chi connectivity index (χ0) is 20.5. The van der Waals surface area contributed by atoms with Gasteiger partial charge < -0.3 is 4.42 Å². The van der Waals surface area contributed by atoms with Crippen molar-refractivity contribution in [2.45, 2.75) is 63.6 Å². The van der Waals surface area contributed by atoms with Gasteiger partial charge in [-0.2, -0.15) is 0 Å². The smallest absolute Gasteiger partial charge is 0.280 e. The number of hydrogen-bond acceptors (Lipinski definition) is 5. The predicted octanol–water partition coefficient (Wildman–Crippen LogP) is 5.08. The fourth-order valence-electron chi connectivity index (χ4n) is 6.09. The lowest BCUT2D eigenvalue weighted by Crippen LogP contribution is -2.59. The van der Waals surface area contributed by atoms with Gasteiger partial charge in [-0.1, -0.05) is 31.4 Å².